The second-order valence-corrected chi connectivity index (χ2v) is 6.13. The minimum atomic E-state index is -4.67. The van der Waals surface area contributed by atoms with Crippen LogP contribution in [0.4, 0.5) is 18.9 Å². The highest BCUT2D eigenvalue weighted by molar-refractivity contribution is 5.86. The molecule has 0 aliphatic heterocycles. The quantitative estimate of drug-likeness (QED) is 0.368. The number of nitrogen functional groups attached to an aromatic ring is 1. The van der Waals surface area contributed by atoms with Crippen molar-refractivity contribution in [1.29, 1.82) is 0 Å². The Bertz CT molecular complexity index is 993. The summed E-state index contributed by atoms with van der Waals surface area (Å²) in [6.45, 7) is 0. The van der Waals surface area contributed by atoms with Gasteiger partial charge in [-0.3, -0.25) is 0 Å². The smallest absolute Gasteiger partial charge is 0.420 e. The minimum Gasteiger partial charge on any atom is -0.505 e. The highest BCUT2D eigenvalue weighted by Crippen LogP contribution is 2.45. The molecule has 0 aromatic heterocycles. The van der Waals surface area contributed by atoms with Gasteiger partial charge < -0.3 is 10.8 Å². The van der Waals surface area contributed by atoms with Gasteiger partial charge in [-0.25, -0.2) is 0 Å². The Balaban J connectivity index is 1.93. The van der Waals surface area contributed by atoms with E-state index in [1.807, 2.05) is 36.4 Å². The largest absolute Gasteiger partial charge is 0.505 e. The number of hydrogen-bond donors (Lipinski definition) is 2. The Labute approximate surface area is 142 Å². The first-order chi connectivity index (χ1) is 11.9. The molecule has 0 bridgehead atoms. The number of fused-ring (bicyclic) bond motifs is 3. The van der Waals surface area contributed by atoms with E-state index in [9.17, 15) is 18.3 Å². The third-order valence-corrected chi connectivity index (χ3v) is 4.61. The first-order valence-electron chi connectivity index (χ1n) is 7.76. The molecule has 0 amide bonds. The van der Waals surface area contributed by atoms with E-state index in [2.05, 4.69) is 0 Å². The molecule has 4 rings (SSSR count). The molecule has 0 saturated heterocycles. The van der Waals surface area contributed by atoms with Gasteiger partial charge >= 0.3 is 6.18 Å². The lowest BCUT2D eigenvalue weighted by Gasteiger charge is -2.15. The van der Waals surface area contributed by atoms with Gasteiger partial charge in [0, 0.05) is 0 Å². The second kappa shape index (κ2) is 5.28. The van der Waals surface area contributed by atoms with Crippen LogP contribution < -0.4 is 5.73 Å². The maximum Gasteiger partial charge on any atom is 0.420 e. The first-order valence-corrected chi connectivity index (χ1v) is 7.76. The van der Waals surface area contributed by atoms with Gasteiger partial charge in [-0.15, -0.1) is 0 Å². The van der Waals surface area contributed by atoms with Crippen LogP contribution in [0.5, 0.6) is 5.75 Å². The monoisotopic (exact) mass is 341 g/mol. The van der Waals surface area contributed by atoms with Gasteiger partial charge in [-0.05, 0) is 51.9 Å². The molecule has 25 heavy (non-hydrogen) atoms. The molecular formula is C20H14F3NO. The summed E-state index contributed by atoms with van der Waals surface area (Å²) in [6.07, 6.45) is -4.01. The maximum atomic E-state index is 13.2. The average Bonchev–Trinajstić information content (AvgIpc) is 2.95. The Morgan fingerprint density at radius 3 is 2.32 bits per heavy atom. The normalized spacial score (nSPS) is 12.8. The van der Waals surface area contributed by atoms with Crippen molar-refractivity contribution in [1.82, 2.24) is 0 Å². The van der Waals surface area contributed by atoms with Gasteiger partial charge in [0.05, 0.1) is 11.3 Å². The molecule has 0 fully saturated rings. The summed E-state index contributed by atoms with van der Waals surface area (Å²) < 4.78 is 39.6. The van der Waals surface area contributed by atoms with Gasteiger partial charge in [0.15, 0.2) is 5.75 Å². The lowest BCUT2D eigenvalue weighted by atomic mass is 9.94. The third-order valence-electron chi connectivity index (χ3n) is 4.61. The number of rotatable bonds is 1. The van der Waals surface area contributed by atoms with E-state index >= 15 is 0 Å². The van der Waals surface area contributed by atoms with Crippen LogP contribution in [0, 0.1) is 0 Å². The maximum absolute atomic E-state index is 13.2. The van der Waals surface area contributed by atoms with Gasteiger partial charge in [-0.1, -0.05) is 42.5 Å². The van der Waals surface area contributed by atoms with E-state index in [4.69, 9.17) is 5.73 Å². The molecule has 0 radical (unpaired) electrons. The van der Waals surface area contributed by atoms with Crippen molar-refractivity contribution in [2.45, 2.75) is 12.6 Å². The number of anilines is 1. The molecule has 0 saturated carbocycles. The van der Waals surface area contributed by atoms with Crippen molar-refractivity contribution in [3.8, 4) is 28.0 Å². The van der Waals surface area contributed by atoms with Crippen LogP contribution in [0.3, 0.4) is 0 Å². The topological polar surface area (TPSA) is 46.2 Å². The summed E-state index contributed by atoms with van der Waals surface area (Å²) >= 11 is 0. The van der Waals surface area contributed by atoms with Gasteiger partial charge in [0.25, 0.3) is 0 Å². The van der Waals surface area contributed by atoms with Crippen molar-refractivity contribution < 1.29 is 18.3 Å². The molecule has 3 N–H and O–H groups in total. The molecular weight excluding hydrogens is 327 g/mol. The molecule has 3 aromatic carbocycles. The van der Waals surface area contributed by atoms with Crippen molar-refractivity contribution in [3.63, 3.8) is 0 Å². The zero-order valence-electron chi connectivity index (χ0n) is 13.1. The van der Waals surface area contributed by atoms with E-state index in [-0.39, 0.29) is 5.69 Å². The second-order valence-electron chi connectivity index (χ2n) is 6.13. The summed E-state index contributed by atoms with van der Waals surface area (Å²) in [5, 5.41) is 9.69. The fraction of sp³-hybridized carbons (Fsp3) is 0.100. The number of benzene rings is 3. The predicted molar refractivity (Wildman–Crippen MR) is 91.2 cm³/mol. The minimum absolute atomic E-state index is 0.280. The lowest BCUT2D eigenvalue weighted by Crippen LogP contribution is -2.07. The van der Waals surface area contributed by atoms with E-state index in [0.717, 1.165) is 28.3 Å². The molecule has 5 heteroatoms. The van der Waals surface area contributed by atoms with Crippen LogP contribution in [0.25, 0.3) is 22.3 Å². The average molecular weight is 341 g/mol. The summed E-state index contributed by atoms with van der Waals surface area (Å²) in [7, 11) is 0. The van der Waals surface area contributed by atoms with Crippen molar-refractivity contribution in [2.24, 2.45) is 0 Å². The first kappa shape index (κ1) is 15.6. The third kappa shape index (κ3) is 2.43. The zero-order valence-corrected chi connectivity index (χ0v) is 13.1. The Morgan fingerprint density at radius 1 is 0.880 bits per heavy atom. The number of phenolic OH excluding ortho intramolecular Hbond substituents is 1. The van der Waals surface area contributed by atoms with E-state index in [0.29, 0.717) is 17.5 Å². The molecule has 1 aliphatic rings. The number of alkyl halides is 3. The fourth-order valence-electron chi connectivity index (χ4n) is 3.46. The molecule has 0 heterocycles. The molecule has 2 nitrogen and oxygen atoms in total. The molecule has 1 aliphatic carbocycles. The van der Waals surface area contributed by atoms with Crippen LogP contribution in [0.15, 0.2) is 54.6 Å². The molecule has 126 valence electrons. The predicted octanol–water partition coefficient (Wildman–Crippen LogP) is 5.23. The number of halogens is 3. The number of aromatic hydroxyl groups is 1. The van der Waals surface area contributed by atoms with Crippen LogP contribution in [0.2, 0.25) is 0 Å². The summed E-state index contributed by atoms with van der Waals surface area (Å²) in [6, 6.07) is 15.9. The zero-order chi connectivity index (χ0) is 17.8. The van der Waals surface area contributed by atoms with Crippen LogP contribution in [-0.4, -0.2) is 5.11 Å². The van der Waals surface area contributed by atoms with E-state index in [1.54, 1.807) is 6.07 Å². The Kier molecular flexibility index (Phi) is 3.29. The number of nitrogens with two attached hydrogens (primary N) is 1. The van der Waals surface area contributed by atoms with Crippen LogP contribution >= 0.6 is 0 Å². The number of hydrogen-bond acceptors (Lipinski definition) is 2. The SMILES string of the molecule is Nc1cc(-c2cccc3c2Cc2ccccc2-3)cc(C(F)(F)F)c1O. The Morgan fingerprint density at radius 2 is 1.56 bits per heavy atom. The van der Waals surface area contributed by atoms with E-state index < -0.39 is 17.5 Å². The molecule has 0 atom stereocenters. The van der Waals surface area contributed by atoms with Crippen molar-refractivity contribution in [2.75, 3.05) is 5.73 Å². The Hall–Kier alpha value is -2.95. The van der Waals surface area contributed by atoms with Gasteiger partial charge in [0.1, 0.15) is 0 Å². The molecule has 3 aromatic rings. The van der Waals surface area contributed by atoms with Crippen LogP contribution in [-0.2, 0) is 12.6 Å². The van der Waals surface area contributed by atoms with E-state index in [1.165, 1.54) is 6.07 Å². The van der Waals surface area contributed by atoms with Gasteiger partial charge in [-0.2, -0.15) is 13.2 Å². The summed E-state index contributed by atoms with van der Waals surface area (Å²) in [5.74, 6) is -0.924. The lowest BCUT2D eigenvalue weighted by molar-refractivity contribution is -0.138. The van der Waals surface area contributed by atoms with Crippen LogP contribution in [0.1, 0.15) is 16.7 Å². The summed E-state index contributed by atoms with van der Waals surface area (Å²) in [4.78, 5) is 0. The fourth-order valence-corrected chi connectivity index (χ4v) is 3.46. The van der Waals surface area contributed by atoms with Crippen molar-refractivity contribution >= 4 is 5.69 Å². The molecule has 0 unspecified atom stereocenters. The van der Waals surface area contributed by atoms with Gasteiger partial charge in [0.2, 0.25) is 0 Å². The standard InChI is InChI=1S/C20H14F3NO/c21-20(22,23)17-9-12(10-18(24)19(17)25)14-6-3-7-15-13-5-2-1-4-11(13)8-16(14)15/h1-7,9-10,25H,8,24H2. The summed E-state index contributed by atoms with van der Waals surface area (Å²) in [5.41, 5.74) is 9.53. The highest BCUT2D eigenvalue weighted by Gasteiger charge is 2.35. The highest BCUT2D eigenvalue weighted by atomic mass is 19.4. The molecule has 0 spiro atoms. The number of phenols is 1. The van der Waals surface area contributed by atoms with Crippen molar-refractivity contribution in [3.05, 3.63) is 71.3 Å².